The molecule has 0 radical (unpaired) electrons. The Balaban J connectivity index is 2.04. The summed E-state index contributed by atoms with van der Waals surface area (Å²) in [5, 5.41) is 11.8. The minimum Gasteiger partial charge on any atom is -0.477 e. The van der Waals surface area contributed by atoms with Gasteiger partial charge in [0.2, 0.25) is 6.54 Å². The Morgan fingerprint density at radius 2 is 1.65 bits per heavy atom. The first-order chi connectivity index (χ1) is 9.67. The quantitative estimate of drug-likeness (QED) is 0.819. The number of hydrogen-bond acceptors (Lipinski definition) is 2. The zero-order chi connectivity index (χ0) is 14.4. The fourth-order valence-corrected chi connectivity index (χ4v) is 1.79. The van der Waals surface area contributed by atoms with Gasteiger partial charge in [0.15, 0.2) is 12.4 Å². The van der Waals surface area contributed by atoms with E-state index in [1.54, 1.807) is 17.0 Å². The lowest BCUT2D eigenvalue weighted by Gasteiger charge is -1.99. The summed E-state index contributed by atoms with van der Waals surface area (Å²) in [5.41, 5.74) is 3.23. The van der Waals surface area contributed by atoms with Crippen molar-refractivity contribution in [2.75, 3.05) is 12.4 Å². The Morgan fingerprint density at radius 1 is 1.10 bits per heavy atom. The predicted molar refractivity (Wildman–Crippen MR) is 79.2 cm³/mol. The molecule has 0 bridgehead atoms. The molecule has 0 fully saturated rings. The molecule has 1 heterocycles. The van der Waals surface area contributed by atoms with Crippen molar-refractivity contribution in [2.24, 2.45) is 0 Å². The summed E-state index contributed by atoms with van der Waals surface area (Å²) in [4.78, 5) is 10.6. The van der Waals surface area contributed by atoms with Crippen molar-refractivity contribution in [2.45, 2.75) is 6.54 Å². The zero-order valence-corrected chi connectivity index (χ0v) is 11.3. The third-order valence-corrected chi connectivity index (χ3v) is 2.90. The number of aromatic nitrogens is 1. The van der Waals surface area contributed by atoms with Gasteiger partial charge in [0.05, 0.1) is 0 Å². The SMILES string of the molecule is CNc1ccc(/C=C/c2cc[n+](CC(=O)O)cc2)cc1. The largest absolute Gasteiger partial charge is 0.477 e. The van der Waals surface area contributed by atoms with Crippen molar-refractivity contribution in [1.29, 1.82) is 0 Å². The molecule has 2 rings (SSSR count). The van der Waals surface area contributed by atoms with E-state index in [9.17, 15) is 4.79 Å². The minimum absolute atomic E-state index is 0.0184. The number of carboxylic acid groups (broad SMARTS) is 1. The molecule has 2 aromatic rings. The van der Waals surface area contributed by atoms with Gasteiger partial charge in [-0.05, 0) is 23.3 Å². The fraction of sp³-hybridized carbons (Fsp3) is 0.125. The molecule has 0 unspecified atom stereocenters. The second kappa shape index (κ2) is 6.52. The van der Waals surface area contributed by atoms with Crippen molar-refractivity contribution in [3.63, 3.8) is 0 Å². The van der Waals surface area contributed by atoms with Gasteiger partial charge in [-0.1, -0.05) is 24.3 Å². The first-order valence-electron chi connectivity index (χ1n) is 6.34. The highest BCUT2D eigenvalue weighted by Crippen LogP contribution is 2.11. The molecule has 0 aliphatic carbocycles. The van der Waals surface area contributed by atoms with Gasteiger partial charge in [0.25, 0.3) is 0 Å². The number of rotatable bonds is 5. The number of benzene rings is 1. The van der Waals surface area contributed by atoms with Gasteiger partial charge in [-0.25, -0.2) is 4.79 Å². The predicted octanol–water partition coefficient (Wildman–Crippen LogP) is 2.27. The van der Waals surface area contributed by atoms with Gasteiger partial charge >= 0.3 is 5.97 Å². The average molecular weight is 269 g/mol. The molecule has 2 N–H and O–H groups in total. The highest BCUT2D eigenvalue weighted by atomic mass is 16.4. The molecule has 0 aliphatic rings. The van der Waals surface area contributed by atoms with Crippen molar-refractivity contribution < 1.29 is 14.5 Å². The Labute approximate surface area is 118 Å². The van der Waals surface area contributed by atoms with Crippen LogP contribution in [0.15, 0.2) is 48.8 Å². The standard InChI is InChI=1S/C16H16N2O2/c1-17-15-6-4-13(5-7-15)2-3-14-8-10-18(11-9-14)12-16(19)20/h2-11H,12H2,1H3,(H,19,20)/p+1. The summed E-state index contributed by atoms with van der Waals surface area (Å²) in [6, 6.07) is 11.9. The lowest BCUT2D eigenvalue weighted by atomic mass is 10.1. The fourth-order valence-electron chi connectivity index (χ4n) is 1.79. The summed E-state index contributed by atoms with van der Waals surface area (Å²) < 4.78 is 1.63. The lowest BCUT2D eigenvalue weighted by Crippen LogP contribution is -2.36. The van der Waals surface area contributed by atoms with Crippen LogP contribution in [0.2, 0.25) is 0 Å². The summed E-state index contributed by atoms with van der Waals surface area (Å²) in [6.07, 6.45) is 7.55. The Morgan fingerprint density at radius 3 is 2.15 bits per heavy atom. The number of aliphatic carboxylic acids is 1. The molecule has 102 valence electrons. The summed E-state index contributed by atoms with van der Waals surface area (Å²) >= 11 is 0. The first kappa shape index (κ1) is 13.8. The molecule has 0 atom stereocenters. The van der Waals surface area contributed by atoms with Gasteiger partial charge < -0.3 is 10.4 Å². The lowest BCUT2D eigenvalue weighted by molar-refractivity contribution is -0.685. The van der Waals surface area contributed by atoms with Gasteiger partial charge in [-0.3, -0.25) is 0 Å². The van der Waals surface area contributed by atoms with Crippen LogP contribution >= 0.6 is 0 Å². The molecular weight excluding hydrogens is 252 g/mol. The van der Waals surface area contributed by atoms with E-state index in [1.165, 1.54) is 0 Å². The monoisotopic (exact) mass is 269 g/mol. The van der Waals surface area contributed by atoms with Crippen LogP contribution in [-0.4, -0.2) is 18.1 Å². The van der Waals surface area contributed by atoms with E-state index in [4.69, 9.17) is 5.11 Å². The topological polar surface area (TPSA) is 53.2 Å². The molecule has 0 amide bonds. The number of carboxylic acids is 1. The number of pyridine rings is 1. The van der Waals surface area contributed by atoms with Crippen LogP contribution in [0.4, 0.5) is 5.69 Å². The number of hydrogen-bond donors (Lipinski definition) is 2. The van der Waals surface area contributed by atoms with Gasteiger partial charge in [0, 0.05) is 24.9 Å². The van der Waals surface area contributed by atoms with Crippen LogP contribution in [0.3, 0.4) is 0 Å². The van der Waals surface area contributed by atoms with Crippen LogP contribution in [0.25, 0.3) is 12.2 Å². The maximum atomic E-state index is 10.6. The molecule has 20 heavy (non-hydrogen) atoms. The number of carbonyl (C=O) groups is 1. The van der Waals surface area contributed by atoms with Gasteiger partial charge in [0.1, 0.15) is 0 Å². The molecule has 4 heteroatoms. The molecule has 0 spiro atoms. The van der Waals surface area contributed by atoms with Gasteiger partial charge in [-0.2, -0.15) is 4.57 Å². The molecule has 4 nitrogen and oxygen atoms in total. The summed E-state index contributed by atoms with van der Waals surface area (Å²) in [7, 11) is 1.89. The Bertz CT molecular complexity index is 601. The highest BCUT2D eigenvalue weighted by molar-refractivity contribution is 5.70. The Hall–Kier alpha value is -2.62. The van der Waals surface area contributed by atoms with Crippen LogP contribution in [0, 0.1) is 0 Å². The molecule has 0 saturated heterocycles. The average Bonchev–Trinajstić information content (AvgIpc) is 2.46. The van der Waals surface area contributed by atoms with Crippen LogP contribution in [0.5, 0.6) is 0 Å². The molecule has 0 saturated carbocycles. The summed E-state index contributed by atoms with van der Waals surface area (Å²) in [6.45, 7) is -0.0184. The number of anilines is 1. The Kier molecular flexibility index (Phi) is 4.50. The van der Waals surface area contributed by atoms with Crippen molar-refractivity contribution in [1.82, 2.24) is 0 Å². The molecule has 1 aromatic heterocycles. The van der Waals surface area contributed by atoms with Crippen LogP contribution in [-0.2, 0) is 11.3 Å². The number of nitrogens with one attached hydrogen (secondary N) is 1. The van der Waals surface area contributed by atoms with Crippen molar-refractivity contribution in [3.8, 4) is 0 Å². The van der Waals surface area contributed by atoms with E-state index in [0.717, 1.165) is 16.8 Å². The third-order valence-electron chi connectivity index (χ3n) is 2.90. The molecule has 0 aliphatic heterocycles. The zero-order valence-electron chi connectivity index (χ0n) is 11.3. The second-order valence-corrected chi connectivity index (χ2v) is 4.40. The second-order valence-electron chi connectivity index (χ2n) is 4.40. The van der Waals surface area contributed by atoms with E-state index in [0.29, 0.717) is 0 Å². The smallest absolute Gasteiger partial charge is 0.370 e. The van der Waals surface area contributed by atoms with Crippen molar-refractivity contribution in [3.05, 3.63) is 59.9 Å². The first-order valence-corrected chi connectivity index (χ1v) is 6.34. The highest BCUT2D eigenvalue weighted by Gasteiger charge is 2.05. The van der Waals surface area contributed by atoms with Crippen molar-refractivity contribution >= 4 is 23.8 Å². The number of nitrogens with zero attached hydrogens (tertiary/aromatic N) is 1. The van der Waals surface area contributed by atoms with E-state index >= 15 is 0 Å². The molecular formula is C16H17N2O2+. The molecule has 1 aromatic carbocycles. The van der Waals surface area contributed by atoms with E-state index in [-0.39, 0.29) is 6.54 Å². The van der Waals surface area contributed by atoms with Crippen LogP contribution < -0.4 is 9.88 Å². The minimum atomic E-state index is -0.845. The maximum Gasteiger partial charge on any atom is 0.370 e. The summed E-state index contributed by atoms with van der Waals surface area (Å²) in [5.74, 6) is -0.845. The van der Waals surface area contributed by atoms with Crippen LogP contribution in [0.1, 0.15) is 11.1 Å². The normalized spacial score (nSPS) is 10.7. The van der Waals surface area contributed by atoms with E-state index in [1.807, 2.05) is 55.6 Å². The maximum absolute atomic E-state index is 10.6. The van der Waals surface area contributed by atoms with E-state index in [2.05, 4.69) is 5.32 Å². The van der Waals surface area contributed by atoms with E-state index < -0.39 is 5.97 Å². The third kappa shape index (κ3) is 3.95. The van der Waals surface area contributed by atoms with Gasteiger partial charge in [-0.15, -0.1) is 0 Å².